The SMILES string of the molecule is CC(C)C[C@H](CNC(=O)C1CCN(c2ccc(C(F)(F)F)cc2[N+](=O)[O-])CC1)N1CCOCC1. The Kier molecular flexibility index (Phi) is 8.75. The average Bonchev–Trinajstić information content (AvgIpc) is 2.81. The van der Waals surface area contributed by atoms with Gasteiger partial charge in [-0.3, -0.25) is 19.8 Å². The van der Waals surface area contributed by atoms with Crippen LogP contribution in [0.3, 0.4) is 0 Å². The molecule has 190 valence electrons. The van der Waals surface area contributed by atoms with Crippen LogP contribution in [0, 0.1) is 22.0 Å². The van der Waals surface area contributed by atoms with E-state index in [2.05, 4.69) is 24.1 Å². The molecule has 2 heterocycles. The lowest BCUT2D eigenvalue weighted by molar-refractivity contribution is -0.384. The highest BCUT2D eigenvalue weighted by Gasteiger charge is 2.35. The monoisotopic (exact) mass is 486 g/mol. The van der Waals surface area contributed by atoms with E-state index in [0.717, 1.165) is 31.6 Å². The van der Waals surface area contributed by atoms with E-state index in [1.807, 2.05) is 0 Å². The highest BCUT2D eigenvalue weighted by molar-refractivity contribution is 5.79. The van der Waals surface area contributed by atoms with Crippen molar-refractivity contribution in [2.24, 2.45) is 11.8 Å². The van der Waals surface area contributed by atoms with Crippen molar-refractivity contribution in [3.05, 3.63) is 33.9 Å². The number of hydrogen-bond donors (Lipinski definition) is 1. The Bertz CT molecular complexity index is 851. The van der Waals surface area contributed by atoms with Crippen molar-refractivity contribution in [1.82, 2.24) is 10.2 Å². The average molecular weight is 487 g/mol. The molecule has 1 aromatic carbocycles. The van der Waals surface area contributed by atoms with Gasteiger partial charge >= 0.3 is 6.18 Å². The van der Waals surface area contributed by atoms with E-state index in [1.54, 1.807) is 4.90 Å². The van der Waals surface area contributed by atoms with E-state index in [9.17, 15) is 28.1 Å². The minimum absolute atomic E-state index is 0.0383. The van der Waals surface area contributed by atoms with Crippen LogP contribution in [0.1, 0.15) is 38.7 Å². The molecule has 2 aliphatic rings. The molecule has 0 aliphatic carbocycles. The van der Waals surface area contributed by atoms with Crippen molar-refractivity contribution in [1.29, 1.82) is 0 Å². The van der Waals surface area contributed by atoms with Gasteiger partial charge in [-0.15, -0.1) is 0 Å². The summed E-state index contributed by atoms with van der Waals surface area (Å²) in [5, 5.41) is 14.5. The van der Waals surface area contributed by atoms with Gasteiger partial charge in [-0.05, 0) is 37.3 Å². The standard InChI is InChI=1S/C23H33F3N4O4/c1-16(2)13-19(28-9-11-34-12-10-28)15-27-22(31)17-5-7-29(8-6-17)20-4-3-18(23(24,25)26)14-21(20)30(32)33/h3-4,14,16-17,19H,5-13,15H2,1-2H3,(H,27,31)/t19-/m1/s1. The summed E-state index contributed by atoms with van der Waals surface area (Å²) in [6.07, 6.45) is -2.72. The highest BCUT2D eigenvalue weighted by atomic mass is 19.4. The number of nitrogens with one attached hydrogen (secondary N) is 1. The van der Waals surface area contributed by atoms with Gasteiger partial charge in [-0.25, -0.2) is 0 Å². The van der Waals surface area contributed by atoms with Gasteiger partial charge in [0, 0.05) is 50.7 Å². The number of alkyl halides is 3. The third kappa shape index (κ3) is 6.82. The van der Waals surface area contributed by atoms with Crippen LogP contribution in [-0.2, 0) is 15.7 Å². The van der Waals surface area contributed by atoms with Gasteiger partial charge in [-0.1, -0.05) is 13.8 Å². The third-order valence-corrected chi connectivity index (χ3v) is 6.52. The third-order valence-electron chi connectivity index (χ3n) is 6.52. The molecule has 11 heteroatoms. The molecule has 1 amide bonds. The van der Waals surface area contributed by atoms with Crippen LogP contribution >= 0.6 is 0 Å². The first-order chi connectivity index (χ1) is 16.1. The number of rotatable bonds is 8. The predicted molar refractivity (Wildman–Crippen MR) is 122 cm³/mol. The van der Waals surface area contributed by atoms with Gasteiger partial charge in [-0.2, -0.15) is 13.2 Å². The quantitative estimate of drug-likeness (QED) is 0.446. The van der Waals surface area contributed by atoms with Gasteiger partial charge in [0.2, 0.25) is 5.91 Å². The van der Waals surface area contributed by atoms with Gasteiger partial charge in [0.15, 0.2) is 0 Å². The maximum atomic E-state index is 13.0. The normalized spacial score (nSPS) is 19.3. The van der Waals surface area contributed by atoms with E-state index >= 15 is 0 Å². The zero-order valence-corrected chi connectivity index (χ0v) is 19.6. The minimum Gasteiger partial charge on any atom is -0.379 e. The molecule has 0 spiro atoms. The summed E-state index contributed by atoms with van der Waals surface area (Å²) in [7, 11) is 0. The fourth-order valence-electron chi connectivity index (χ4n) is 4.71. The fraction of sp³-hybridized carbons (Fsp3) is 0.696. The summed E-state index contributed by atoms with van der Waals surface area (Å²) in [5.41, 5.74) is -1.46. The van der Waals surface area contributed by atoms with Crippen LogP contribution in [0.5, 0.6) is 0 Å². The highest BCUT2D eigenvalue weighted by Crippen LogP contribution is 2.37. The molecule has 0 aromatic heterocycles. The number of amides is 1. The summed E-state index contributed by atoms with van der Waals surface area (Å²) < 4.78 is 44.4. The second-order valence-corrected chi connectivity index (χ2v) is 9.40. The molecule has 0 saturated carbocycles. The molecular formula is C23H33F3N4O4. The Balaban J connectivity index is 1.57. The first kappa shape index (κ1) is 26.2. The molecule has 1 N–H and O–H groups in total. The number of carbonyl (C=O) groups is 1. The molecule has 3 rings (SSSR count). The number of carbonyl (C=O) groups excluding carboxylic acids is 1. The minimum atomic E-state index is -4.65. The molecule has 0 radical (unpaired) electrons. The molecule has 2 fully saturated rings. The first-order valence-corrected chi connectivity index (χ1v) is 11.8. The summed E-state index contributed by atoms with van der Waals surface area (Å²) in [4.78, 5) is 27.5. The Labute approximate surface area is 197 Å². The lowest BCUT2D eigenvalue weighted by atomic mass is 9.94. The van der Waals surface area contributed by atoms with Crippen LogP contribution in [0.4, 0.5) is 24.5 Å². The lowest BCUT2D eigenvalue weighted by Gasteiger charge is -2.36. The Hall–Kier alpha value is -2.40. The zero-order chi connectivity index (χ0) is 24.9. The molecule has 34 heavy (non-hydrogen) atoms. The molecule has 0 unspecified atom stereocenters. The van der Waals surface area contributed by atoms with Crippen LogP contribution in [0.15, 0.2) is 18.2 Å². The topological polar surface area (TPSA) is 88.0 Å². The number of benzene rings is 1. The molecule has 0 bridgehead atoms. The number of piperidine rings is 1. The smallest absolute Gasteiger partial charge is 0.379 e. The van der Waals surface area contributed by atoms with Crippen molar-refractivity contribution in [2.75, 3.05) is 50.8 Å². The van der Waals surface area contributed by atoms with Gasteiger partial charge in [0.1, 0.15) is 5.69 Å². The number of halogens is 3. The number of nitrogens with zero attached hydrogens (tertiary/aromatic N) is 3. The van der Waals surface area contributed by atoms with Gasteiger partial charge in [0.05, 0.1) is 23.7 Å². The summed E-state index contributed by atoms with van der Waals surface area (Å²) in [6, 6.07) is 2.83. The number of anilines is 1. The summed E-state index contributed by atoms with van der Waals surface area (Å²) in [5.74, 6) is 0.227. The Morgan fingerprint density at radius 2 is 1.85 bits per heavy atom. The van der Waals surface area contributed by atoms with Crippen molar-refractivity contribution < 1.29 is 27.6 Å². The lowest BCUT2D eigenvalue weighted by Crippen LogP contribution is -2.50. The van der Waals surface area contributed by atoms with E-state index in [1.165, 1.54) is 0 Å². The second-order valence-electron chi connectivity index (χ2n) is 9.40. The maximum Gasteiger partial charge on any atom is 0.416 e. The largest absolute Gasteiger partial charge is 0.416 e. The van der Waals surface area contributed by atoms with Crippen molar-refractivity contribution in [3.8, 4) is 0 Å². The molecule has 1 atom stereocenters. The zero-order valence-electron chi connectivity index (χ0n) is 19.6. The van der Waals surface area contributed by atoms with Crippen LogP contribution < -0.4 is 10.2 Å². The maximum absolute atomic E-state index is 13.0. The fourth-order valence-corrected chi connectivity index (χ4v) is 4.71. The number of ether oxygens (including phenoxy) is 1. The number of nitro benzene ring substituents is 1. The number of morpholine rings is 1. The number of nitro groups is 1. The molecule has 2 aliphatic heterocycles. The predicted octanol–water partition coefficient (Wildman–Crippen LogP) is 3.69. The summed E-state index contributed by atoms with van der Waals surface area (Å²) in [6.45, 7) is 8.67. The molecular weight excluding hydrogens is 453 g/mol. The number of hydrogen-bond acceptors (Lipinski definition) is 6. The molecule has 8 nitrogen and oxygen atoms in total. The van der Waals surface area contributed by atoms with E-state index in [-0.39, 0.29) is 23.6 Å². The van der Waals surface area contributed by atoms with Crippen LogP contribution in [-0.4, -0.2) is 67.7 Å². The van der Waals surface area contributed by atoms with Crippen molar-refractivity contribution in [2.45, 2.75) is 45.3 Å². The molecule has 2 saturated heterocycles. The Morgan fingerprint density at radius 1 is 1.21 bits per heavy atom. The van der Waals surface area contributed by atoms with Gasteiger partial charge in [0.25, 0.3) is 5.69 Å². The molecule has 1 aromatic rings. The van der Waals surface area contributed by atoms with Crippen molar-refractivity contribution >= 4 is 17.3 Å². The van der Waals surface area contributed by atoms with Crippen LogP contribution in [0.2, 0.25) is 0 Å². The van der Waals surface area contributed by atoms with Gasteiger partial charge < -0.3 is 15.0 Å². The Morgan fingerprint density at radius 3 is 2.41 bits per heavy atom. The van der Waals surface area contributed by atoms with E-state index in [0.29, 0.717) is 57.7 Å². The van der Waals surface area contributed by atoms with Crippen LogP contribution in [0.25, 0.3) is 0 Å². The van der Waals surface area contributed by atoms with E-state index < -0.39 is 22.4 Å². The first-order valence-electron chi connectivity index (χ1n) is 11.8. The second kappa shape index (κ2) is 11.4. The summed E-state index contributed by atoms with van der Waals surface area (Å²) >= 11 is 0. The van der Waals surface area contributed by atoms with E-state index in [4.69, 9.17) is 4.74 Å². The van der Waals surface area contributed by atoms with Crippen molar-refractivity contribution in [3.63, 3.8) is 0 Å².